The Labute approximate surface area is 402 Å². The van der Waals surface area contributed by atoms with Crippen LogP contribution in [0.15, 0.2) is 84.9 Å². The molecule has 2 fully saturated rings. The first-order chi connectivity index (χ1) is 32.1. The van der Waals surface area contributed by atoms with Crippen molar-refractivity contribution in [1.82, 2.24) is 19.6 Å². The number of morpholine rings is 1. The van der Waals surface area contributed by atoms with Gasteiger partial charge in [0.05, 0.1) is 40.4 Å². The van der Waals surface area contributed by atoms with E-state index in [4.69, 9.17) is 32.7 Å². The smallest absolute Gasteiger partial charge is 0.378 e. The minimum atomic E-state index is -5.12. The molecule has 2 saturated heterocycles. The number of hydrogen-bond donors (Lipinski definition) is 0. The van der Waals surface area contributed by atoms with E-state index in [2.05, 4.69) is 17.0 Å². The van der Waals surface area contributed by atoms with Crippen molar-refractivity contribution in [3.63, 3.8) is 0 Å². The Morgan fingerprint density at radius 3 is 2.06 bits per heavy atom. The highest BCUT2D eigenvalue weighted by Crippen LogP contribution is 2.48. The van der Waals surface area contributed by atoms with Crippen molar-refractivity contribution in [2.45, 2.75) is 61.6 Å². The molecule has 1 spiro atoms. The Morgan fingerprint density at radius 1 is 0.779 bits per heavy atom. The fraction of sp³-hybridized carbons (Fsp3) is 0.460. The highest BCUT2D eigenvalue weighted by molar-refractivity contribution is 6.42. The molecule has 4 aromatic carbocycles. The van der Waals surface area contributed by atoms with Crippen molar-refractivity contribution >= 4 is 46.6 Å². The van der Waals surface area contributed by atoms with Gasteiger partial charge in [-0.15, -0.1) is 0 Å². The monoisotopic (exact) mass is 989 g/mol. The summed E-state index contributed by atoms with van der Waals surface area (Å²) in [5, 5.41) is 0.473. The van der Waals surface area contributed by atoms with Crippen LogP contribution in [0.3, 0.4) is 0 Å². The third kappa shape index (κ3) is 11.3. The normalized spacial score (nSPS) is 19.5. The van der Waals surface area contributed by atoms with Crippen molar-refractivity contribution in [1.29, 1.82) is 0 Å². The van der Waals surface area contributed by atoms with Gasteiger partial charge in [0.15, 0.2) is 0 Å². The van der Waals surface area contributed by atoms with E-state index in [1.54, 1.807) is 54.2 Å². The number of nitrogens with zero attached hydrogens (tertiary/aromatic N) is 5. The number of halogens is 8. The molecule has 10 nitrogen and oxygen atoms in total. The Bertz CT molecular complexity index is 2430. The number of anilines is 1. The molecule has 2 heterocycles. The number of likely N-dealkylation sites (N-methyl/N-ethyl adjacent to an activating group) is 1. The highest BCUT2D eigenvalue weighted by Gasteiger charge is 2.50. The summed E-state index contributed by atoms with van der Waals surface area (Å²) >= 11 is 12.8. The van der Waals surface area contributed by atoms with Crippen molar-refractivity contribution in [3.8, 4) is 0 Å². The molecule has 68 heavy (non-hydrogen) atoms. The number of benzene rings is 4. The highest BCUT2D eigenvalue weighted by atomic mass is 35.5. The molecule has 0 radical (unpaired) electrons. The maximum absolute atomic E-state index is 13.9. The molecule has 2 atom stereocenters. The number of carbonyl (C=O) groups is 3. The summed E-state index contributed by atoms with van der Waals surface area (Å²) in [6, 6.07) is 21.4. The van der Waals surface area contributed by atoms with Crippen LogP contribution in [0.4, 0.5) is 32.0 Å². The number of likely N-dealkylation sites (tertiary alicyclic amines) is 1. The van der Waals surface area contributed by atoms with E-state index in [0.717, 1.165) is 11.3 Å². The summed E-state index contributed by atoms with van der Waals surface area (Å²) in [4.78, 5) is 49.1. The second-order valence-corrected chi connectivity index (χ2v) is 19.1. The van der Waals surface area contributed by atoms with E-state index < -0.39 is 40.6 Å². The quantitative estimate of drug-likeness (QED) is 0.117. The fourth-order valence-electron chi connectivity index (χ4n) is 9.72. The lowest BCUT2D eigenvalue weighted by Crippen LogP contribution is -2.54. The molecule has 1 aliphatic carbocycles. The second kappa shape index (κ2) is 20.6. The molecule has 0 bridgehead atoms. The summed E-state index contributed by atoms with van der Waals surface area (Å²) < 4.78 is 95.7. The molecule has 2 aliphatic heterocycles. The summed E-state index contributed by atoms with van der Waals surface area (Å²) in [7, 11) is 7.35. The van der Waals surface area contributed by atoms with Gasteiger partial charge >= 0.3 is 12.4 Å². The zero-order valence-corrected chi connectivity index (χ0v) is 39.9. The van der Waals surface area contributed by atoms with Gasteiger partial charge in [-0.2, -0.15) is 26.3 Å². The van der Waals surface area contributed by atoms with Gasteiger partial charge in [-0.05, 0) is 116 Å². The molecule has 0 N–H and O–H groups in total. The number of carbonyl (C=O) groups excluding carboxylic acids is 3. The van der Waals surface area contributed by atoms with Crippen LogP contribution >= 0.6 is 23.2 Å². The number of amides is 3. The Hall–Kier alpha value is -4.87. The van der Waals surface area contributed by atoms with Gasteiger partial charge in [0.2, 0.25) is 5.91 Å². The zero-order valence-electron chi connectivity index (χ0n) is 38.4. The van der Waals surface area contributed by atoms with Crippen molar-refractivity contribution in [2.24, 2.45) is 0 Å². The predicted octanol–water partition coefficient (Wildman–Crippen LogP) is 9.45. The number of ether oxygens (including phenoxy) is 2. The zero-order chi connectivity index (χ0) is 49.2. The van der Waals surface area contributed by atoms with E-state index >= 15 is 0 Å². The number of alkyl halides is 6. The molecule has 0 aromatic heterocycles. The molecule has 4 aromatic rings. The third-order valence-electron chi connectivity index (χ3n) is 13.7. The van der Waals surface area contributed by atoms with E-state index in [0.29, 0.717) is 88.1 Å². The summed E-state index contributed by atoms with van der Waals surface area (Å²) in [6.45, 7) is 2.23. The maximum Gasteiger partial charge on any atom is 0.416 e. The average molecular weight is 991 g/mol. The van der Waals surface area contributed by atoms with Gasteiger partial charge in [-0.25, -0.2) is 0 Å². The van der Waals surface area contributed by atoms with Crippen LogP contribution in [0.2, 0.25) is 10.0 Å². The van der Waals surface area contributed by atoms with Gasteiger partial charge in [0, 0.05) is 76.6 Å². The minimum absolute atomic E-state index is 0.00237. The van der Waals surface area contributed by atoms with E-state index in [-0.39, 0.29) is 65.7 Å². The molecule has 7 rings (SSSR count). The minimum Gasteiger partial charge on any atom is -0.378 e. The van der Waals surface area contributed by atoms with E-state index in [9.17, 15) is 40.7 Å². The lowest BCUT2D eigenvalue weighted by molar-refractivity contribution is -0.143. The SMILES string of the molecule is CN(CCCN(C)C(=O)c1ccc(N(C)C)cc1)C(=O)CO[C@H]1Cc2ccccc2C12CCN(CC[C@@]1(c3ccc(Cl)c(Cl)c3)CN(C(=O)c3cc(C(F)(F)F)cc(C(F)(F)F)c3)CCO1)CC2. The van der Waals surface area contributed by atoms with Crippen molar-refractivity contribution in [2.75, 3.05) is 92.1 Å². The van der Waals surface area contributed by atoms with Crippen LogP contribution < -0.4 is 4.90 Å². The standard InChI is InChI=1S/C50H55Cl2F6N5O5/c1-59(2)39-13-10-33(11-14-39)45(65)61(4)20-7-19-60(3)44(64)31-67-43-28-34-8-5-6-9-40(34)47(43)16-21-62(22-17-47)23-18-48(36-12-15-41(51)42(52)30-36)32-63(24-25-68-48)46(66)35-26-37(49(53,54)55)29-38(27-35)50(56,57)58/h5-6,8-15,26-27,29-30,43H,7,16-25,28,31-32H2,1-4H3/t43-,48-/m0/s1. The molecule has 0 unspecified atom stereocenters. The van der Waals surface area contributed by atoms with Crippen molar-refractivity contribution < 1.29 is 50.2 Å². The maximum atomic E-state index is 13.9. The second-order valence-electron chi connectivity index (χ2n) is 18.2. The topological polar surface area (TPSA) is 85.9 Å². The first-order valence-corrected chi connectivity index (χ1v) is 23.2. The molecular weight excluding hydrogens is 935 g/mol. The molecule has 0 saturated carbocycles. The van der Waals surface area contributed by atoms with Crippen LogP contribution in [0.25, 0.3) is 0 Å². The van der Waals surface area contributed by atoms with E-state index in [1.807, 2.05) is 43.3 Å². The first kappa shape index (κ1) is 51.0. The summed E-state index contributed by atoms with van der Waals surface area (Å²) in [5.74, 6) is -1.25. The summed E-state index contributed by atoms with van der Waals surface area (Å²) in [6.07, 6.45) is -7.57. The van der Waals surface area contributed by atoms with Crippen molar-refractivity contribution in [3.05, 3.63) is 134 Å². The number of hydrogen-bond acceptors (Lipinski definition) is 7. The Kier molecular flexibility index (Phi) is 15.5. The van der Waals surface area contributed by atoms with Crippen LogP contribution in [0.1, 0.15) is 74.2 Å². The molecule has 18 heteroatoms. The largest absolute Gasteiger partial charge is 0.416 e. The van der Waals surface area contributed by atoms with Gasteiger partial charge < -0.3 is 34.0 Å². The van der Waals surface area contributed by atoms with Crippen LogP contribution in [-0.4, -0.2) is 131 Å². The predicted molar refractivity (Wildman–Crippen MR) is 248 cm³/mol. The van der Waals surface area contributed by atoms with Gasteiger partial charge in [0.25, 0.3) is 11.8 Å². The van der Waals surface area contributed by atoms with Gasteiger partial charge in [0.1, 0.15) is 12.2 Å². The number of fused-ring (bicyclic) bond motifs is 2. The van der Waals surface area contributed by atoms with Crippen LogP contribution in [0, 0.1) is 0 Å². The molecule has 3 amide bonds. The number of rotatable bonds is 14. The lowest BCUT2D eigenvalue weighted by Gasteiger charge is -2.46. The van der Waals surface area contributed by atoms with E-state index in [1.165, 1.54) is 10.5 Å². The summed E-state index contributed by atoms with van der Waals surface area (Å²) in [5.41, 5.74) is -1.01. The van der Waals surface area contributed by atoms with Gasteiger partial charge in [-0.1, -0.05) is 53.5 Å². The lowest BCUT2D eigenvalue weighted by atomic mass is 9.72. The number of piperidine rings is 1. The Morgan fingerprint density at radius 2 is 1.43 bits per heavy atom. The van der Waals surface area contributed by atoms with Crippen LogP contribution in [-0.2, 0) is 44.1 Å². The van der Waals surface area contributed by atoms with Gasteiger partial charge in [-0.3, -0.25) is 14.4 Å². The fourth-order valence-corrected chi connectivity index (χ4v) is 10.0. The Balaban J connectivity index is 0.997. The average Bonchev–Trinajstić information content (AvgIpc) is 3.61. The third-order valence-corrected chi connectivity index (χ3v) is 14.4. The molecular formula is C50H55Cl2F6N5O5. The molecule has 3 aliphatic rings. The molecule has 366 valence electrons. The first-order valence-electron chi connectivity index (χ1n) is 22.5. The van der Waals surface area contributed by atoms with Crippen LogP contribution in [0.5, 0.6) is 0 Å².